The SMILES string of the molecule is COc1ccc(-c2cc(C(=O)N[C@@H](CO)Cc3c[nH]c4ccccc34)c3cc([N+](=O)[O-])ccc3n2)cc1F. The van der Waals surface area contributed by atoms with Gasteiger partial charge in [-0.2, -0.15) is 0 Å². The summed E-state index contributed by atoms with van der Waals surface area (Å²) in [5.74, 6) is -1.08. The smallest absolute Gasteiger partial charge is 0.270 e. The molecular weight excluding hydrogens is 491 g/mol. The van der Waals surface area contributed by atoms with Crippen molar-refractivity contribution in [2.24, 2.45) is 0 Å². The first kappa shape index (κ1) is 24.8. The van der Waals surface area contributed by atoms with Gasteiger partial charge in [-0.3, -0.25) is 14.9 Å². The van der Waals surface area contributed by atoms with E-state index in [0.717, 1.165) is 16.5 Å². The minimum Gasteiger partial charge on any atom is -0.494 e. The number of amides is 1. The molecule has 0 fully saturated rings. The molecule has 1 amide bonds. The van der Waals surface area contributed by atoms with E-state index in [4.69, 9.17) is 4.74 Å². The van der Waals surface area contributed by atoms with Crippen molar-refractivity contribution in [1.29, 1.82) is 0 Å². The minimum absolute atomic E-state index is 0.0613. The second-order valence-electron chi connectivity index (χ2n) is 8.78. The molecule has 5 aromatic rings. The van der Waals surface area contributed by atoms with Crippen LogP contribution in [0, 0.1) is 15.9 Å². The molecule has 2 heterocycles. The molecule has 2 aromatic heterocycles. The molecule has 0 spiro atoms. The van der Waals surface area contributed by atoms with Gasteiger partial charge in [-0.25, -0.2) is 9.37 Å². The van der Waals surface area contributed by atoms with Crippen LogP contribution >= 0.6 is 0 Å². The van der Waals surface area contributed by atoms with Crippen LogP contribution in [0.15, 0.2) is 72.9 Å². The standard InChI is InChI=1S/C28H23FN4O5/c1-38-27-9-6-16(11-23(27)29)26-13-22(21-12-19(33(36)37)7-8-25(21)32-26)28(35)31-18(15-34)10-17-14-30-24-5-3-2-4-20(17)24/h2-9,11-14,18,30,34H,10,15H2,1H3,(H,31,35)/t18-/m1/s1. The number of para-hydroxylation sites is 1. The van der Waals surface area contributed by atoms with Crippen LogP contribution in [0.2, 0.25) is 0 Å². The number of carbonyl (C=O) groups excluding carboxylic acids is 1. The van der Waals surface area contributed by atoms with Gasteiger partial charge >= 0.3 is 0 Å². The first-order valence-electron chi connectivity index (χ1n) is 11.8. The van der Waals surface area contributed by atoms with E-state index in [-0.39, 0.29) is 29.0 Å². The van der Waals surface area contributed by atoms with Gasteiger partial charge in [-0.1, -0.05) is 18.2 Å². The quantitative estimate of drug-likeness (QED) is 0.202. The summed E-state index contributed by atoms with van der Waals surface area (Å²) >= 11 is 0. The fourth-order valence-corrected chi connectivity index (χ4v) is 4.48. The van der Waals surface area contributed by atoms with E-state index in [9.17, 15) is 24.4 Å². The summed E-state index contributed by atoms with van der Waals surface area (Å²) < 4.78 is 19.4. The van der Waals surface area contributed by atoms with Crippen molar-refractivity contribution in [2.75, 3.05) is 13.7 Å². The Kier molecular flexibility index (Phi) is 6.71. The third-order valence-electron chi connectivity index (χ3n) is 6.39. The van der Waals surface area contributed by atoms with Gasteiger partial charge in [0.05, 0.1) is 41.5 Å². The molecule has 38 heavy (non-hydrogen) atoms. The number of ether oxygens (including phenoxy) is 1. The minimum atomic E-state index is -0.634. The zero-order valence-electron chi connectivity index (χ0n) is 20.3. The Morgan fingerprint density at radius 3 is 2.71 bits per heavy atom. The van der Waals surface area contributed by atoms with Crippen molar-refractivity contribution < 1.29 is 24.0 Å². The number of nitro benzene ring substituents is 1. The summed E-state index contributed by atoms with van der Waals surface area (Å²) in [5.41, 5.74) is 2.80. The number of aliphatic hydroxyl groups excluding tert-OH is 1. The number of nitrogens with one attached hydrogen (secondary N) is 2. The largest absolute Gasteiger partial charge is 0.494 e. The Morgan fingerprint density at radius 2 is 1.97 bits per heavy atom. The molecule has 1 atom stereocenters. The van der Waals surface area contributed by atoms with Crippen LogP contribution in [0.5, 0.6) is 5.75 Å². The highest BCUT2D eigenvalue weighted by molar-refractivity contribution is 6.08. The molecule has 10 heteroatoms. The van der Waals surface area contributed by atoms with Crippen molar-refractivity contribution in [1.82, 2.24) is 15.3 Å². The van der Waals surface area contributed by atoms with Crippen LogP contribution in [0.4, 0.5) is 10.1 Å². The molecular formula is C28H23FN4O5. The zero-order chi connectivity index (χ0) is 26.8. The van der Waals surface area contributed by atoms with Gasteiger partial charge in [-0.05, 0) is 48.4 Å². The molecule has 3 aromatic carbocycles. The van der Waals surface area contributed by atoms with Gasteiger partial charge in [0.25, 0.3) is 11.6 Å². The monoisotopic (exact) mass is 514 g/mol. The maximum atomic E-state index is 14.4. The number of hydrogen-bond donors (Lipinski definition) is 3. The number of halogens is 1. The summed E-state index contributed by atoms with van der Waals surface area (Å²) in [6.07, 6.45) is 2.19. The third kappa shape index (κ3) is 4.76. The molecule has 3 N–H and O–H groups in total. The predicted octanol–water partition coefficient (Wildman–Crippen LogP) is 4.77. The number of pyridine rings is 1. The van der Waals surface area contributed by atoms with Crippen LogP contribution < -0.4 is 10.1 Å². The molecule has 0 aliphatic carbocycles. The Morgan fingerprint density at radius 1 is 1.16 bits per heavy atom. The van der Waals surface area contributed by atoms with Crippen molar-refractivity contribution in [3.05, 3.63) is 100.0 Å². The maximum Gasteiger partial charge on any atom is 0.270 e. The van der Waals surface area contributed by atoms with Crippen molar-refractivity contribution in [3.8, 4) is 17.0 Å². The van der Waals surface area contributed by atoms with E-state index in [1.165, 1.54) is 43.5 Å². The van der Waals surface area contributed by atoms with Gasteiger partial charge in [0.1, 0.15) is 0 Å². The molecule has 0 radical (unpaired) electrons. The first-order valence-corrected chi connectivity index (χ1v) is 11.8. The number of hydrogen-bond acceptors (Lipinski definition) is 6. The Balaban J connectivity index is 1.54. The molecule has 0 saturated heterocycles. The number of benzene rings is 3. The van der Waals surface area contributed by atoms with E-state index >= 15 is 0 Å². The number of nitro groups is 1. The van der Waals surface area contributed by atoms with Gasteiger partial charge in [-0.15, -0.1) is 0 Å². The molecule has 0 aliphatic rings. The number of carbonyl (C=O) groups is 1. The van der Waals surface area contributed by atoms with Crippen LogP contribution in [-0.2, 0) is 6.42 Å². The molecule has 0 bridgehead atoms. The van der Waals surface area contributed by atoms with E-state index < -0.39 is 22.7 Å². The van der Waals surface area contributed by atoms with E-state index in [1.807, 2.05) is 30.5 Å². The van der Waals surface area contributed by atoms with E-state index in [0.29, 0.717) is 23.2 Å². The average Bonchev–Trinajstić information content (AvgIpc) is 3.34. The lowest BCUT2D eigenvalue weighted by Gasteiger charge is -2.17. The third-order valence-corrected chi connectivity index (χ3v) is 6.39. The lowest BCUT2D eigenvalue weighted by Crippen LogP contribution is -2.39. The predicted molar refractivity (Wildman–Crippen MR) is 141 cm³/mol. The number of H-pyrrole nitrogens is 1. The van der Waals surface area contributed by atoms with Crippen LogP contribution in [0.1, 0.15) is 15.9 Å². The van der Waals surface area contributed by atoms with E-state index in [1.54, 1.807) is 6.07 Å². The highest BCUT2D eigenvalue weighted by Crippen LogP contribution is 2.30. The number of non-ortho nitro benzene ring substituents is 1. The second-order valence-corrected chi connectivity index (χ2v) is 8.78. The van der Waals surface area contributed by atoms with Crippen molar-refractivity contribution in [2.45, 2.75) is 12.5 Å². The van der Waals surface area contributed by atoms with Gasteiger partial charge in [0.2, 0.25) is 0 Å². The highest BCUT2D eigenvalue weighted by Gasteiger charge is 2.21. The number of nitrogens with zero attached hydrogens (tertiary/aromatic N) is 2. The summed E-state index contributed by atoms with van der Waals surface area (Å²) in [5, 5.41) is 25.6. The van der Waals surface area contributed by atoms with Crippen LogP contribution in [0.25, 0.3) is 33.1 Å². The van der Waals surface area contributed by atoms with Gasteiger partial charge in [0.15, 0.2) is 11.6 Å². The summed E-state index contributed by atoms with van der Waals surface area (Å²) in [7, 11) is 1.36. The highest BCUT2D eigenvalue weighted by atomic mass is 19.1. The number of aromatic amines is 1. The number of fused-ring (bicyclic) bond motifs is 2. The van der Waals surface area contributed by atoms with Gasteiger partial charge < -0.3 is 20.1 Å². The molecule has 192 valence electrons. The first-order chi connectivity index (χ1) is 18.4. The topological polar surface area (TPSA) is 130 Å². The molecule has 0 saturated carbocycles. The van der Waals surface area contributed by atoms with Gasteiger partial charge in [0, 0.05) is 40.2 Å². The van der Waals surface area contributed by atoms with Crippen LogP contribution in [-0.4, -0.2) is 45.7 Å². The summed E-state index contributed by atoms with van der Waals surface area (Å²) in [6, 6.07) is 16.9. The second kappa shape index (κ2) is 10.3. The number of aliphatic hydroxyl groups is 1. The van der Waals surface area contributed by atoms with Crippen molar-refractivity contribution in [3.63, 3.8) is 0 Å². The number of rotatable bonds is 8. The Labute approximate surface area is 216 Å². The van der Waals surface area contributed by atoms with Crippen molar-refractivity contribution >= 4 is 33.4 Å². The maximum absolute atomic E-state index is 14.4. The van der Waals surface area contributed by atoms with E-state index in [2.05, 4.69) is 15.3 Å². The molecule has 5 rings (SSSR count). The summed E-state index contributed by atoms with van der Waals surface area (Å²) in [4.78, 5) is 32.1. The molecule has 9 nitrogen and oxygen atoms in total. The lowest BCUT2D eigenvalue weighted by molar-refractivity contribution is -0.384. The van der Waals surface area contributed by atoms with Crippen LogP contribution in [0.3, 0.4) is 0 Å². The molecule has 0 aliphatic heterocycles. The lowest BCUT2D eigenvalue weighted by atomic mass is 10.0. The number of methoxy groups -OCH3 is 1. The average molecular weight is 515 g/mol. The Bertz CT molecular complexity index is 1680. The number of aromatic nitrogens is 2. The fourth-order valence-electron chi connectivity index (χ4n) is 4.48. The summed E-state index contributed by atoms with van der Waals surface area (Å²) in [6.45, 7) is -0.328. The fraction of sp³-hybridized carbons (Fsp3) is 0.143. The normalized spacial score (nSPS) is 12.0. The Hall–Kier alpha value is -4.83. The zero-order valence-corrected chi connectivity index (χ0v) is 20.3. The molecule has 0 unspecified atom stereocenters.